The zero-order valence-electron chi connectivity index (χ0n) is 36.6. The third kappa shape index (κ3) is 8.32. The second-order valence-electron chi connectivity index (χ2n) is 18.0. The number of aryl methyl sites for hydroxylation is 2. The standard InChI is InChI=1S/C49H57FN8O5/c1-31(2)47(61)57-22-8-10-34(30-57)37-28-36(38-29-39(51-45(38)44(37)50)48(62)56-20-5-4-6-21-56)33-12-14-35(15-13-33)55-25-23-54(24-26-55)19-7-9-32-11-16-40-42(27-32)53(3)49(63)58(40)41-17-18-43(59)52-46(41)60/h10-16,27-29,31,41,51H,4-9,17-26,30H2,1-3H3,(H,52,59,60). The fourth-order valence-corrected chi connectivity index (χ4v) is 9.99. The monoisotopic (exact) mass is 856 g/mol. The van der Waals surface area contributed by atoms with E-state index in [0.29, 0.717) is 66.7 Å². The van der Waals surface area contributed by atoms with Gasteiger partial charge in [-0.05, 0) is 110 Å². The molecule has 3 fully saturated rings. The molecule has 5 aromatic rings. The fourth-order valence-electron chi connectivity index (χ4n) is 9.99. The zero-order valence-corrected chi connectivity index (χ0v) is 36.6. The minimum atomic E-state index is -0.698. The second-order valence-corrected chi connectivity index (χ2v) is 18.0. The van der Waals surface area contributed by atoms with Crippen LogP contribution in [0.25, 0.3) is 38.6 Å². The van der Waals surface area contributed by atoms with Gasteiger partial charge in [0, 0.05) is 88.4 Å². The molecule has 0 saturated carbocycles. The molecule has 2 N–H and O–H groups in total. The van der Waals surface area contributed by atoms with Crippen LogP contribution in [-0.2, 0) is 27.9 Å². The van der Waals surface area contributed by atoms with E-state index in [1.165, 1.54) is 4.57 Å². The number of H-pyrrole nitrogens is 1. The lowest BCUT2D eigenvalue weighted by Gasteiger charge is -2.36. The number of carbonyl (C=O) groups excluding carboxylic acids is 4. The number of carbonyl (C=O) groups is 4. The molecule has 6 heterocycles. The average molecular weight is 857 g/mol. The average Bonchev–Trinajstić information content (AvgIpc) is 3.86. The van der Waals surface area contributed by atoms with Crippen LogP contribution in [0, 0.1) is 11.7 Å². The summed E-state index contributed by atoms with van der Waals surface area (Å²) in [6, 6.07) is 17.5. The Balaban J connectivity index is 0.875. The van der Waals surface area contributed by atoms with Gasteiger partial charge < -0.3 is 19.7 Å². The van der Waals surface area contributed by atoms with E-state index in [-0.39, 0.29) is 35.8 Å². The molecule has 4 aliphatic heterocycles. The van der Waals surface area contributed by atoms with Gasteiger partial charge >= 0.3 is 5.69 Å². The Labute approximate surface area is 366 Å². The maximum atomic E-state index is 16.7. The largest absolute Gasteiger partial charge is 0.369 e. The highest BCUT2D eigenvalue weighted by Crippen LogP contribution is 2.38. The van der Waals surface area contributed by atoms with E-state index >= 15 is 4.39 Å². The molecule has 14 heteroatoms. The number of fused-ring (bicyclic) bond motifs is 2. The van der Waals surface area contributed by atoms with E-state index in [1.54, 1.807) is 11.6 Å². The van der Waals surface area contributed by atoms with Crippen molar-refractivity contribution in [1.82, 2.24) is 34.1 Å². The number of aromatic amines is 1. The minimum absolute atomic E-state index is 0.0543. The molecular formula is C49H57FN8O5. The minimum Gasteiger partial charge on any atom is -0.369 e. The Morgan fingerprint density at radius 3 is 2.33 bits per heavy atom. The molecular weight excluding hydrogens is 800 g/mol. The lowest BCUT2D eigenvalue weighted by atomic mass is 9.93. The molecule has 0 radical (unpaired) electrons. The van der Waals surface area contributed by atoms with E-state index < -0.39 is 17.8 Å². The van der Waals surface area contributed by atoms with Gasteiger partial charge in [0.15, 0.2) is 5.82 Å². The Hall–Kier alpha value is -6.02. The summed E-state index contributed by atoms with van der Waals surface area (Å²) in [5.41, 5.74) is 7.16. The highest BCUT2D eigenvalue weighted by molar-refractivity contribution is 6.05. The number of amides is 4. The number of rotatable bonds is 10. The van der Waals surface area contributed by atoms with Crippen molar-refractivity contribution >= 4 is 56.8 Å². The number of likely N-dealkylation sites (tertiary alicyclic amines) is 1. The predicted octanol–water partition coefficient (Wildman–Crippen LogP) is 6.26. The first-order valence-corrected chi connectivity index (χ1v) is 22.7. The summed E-state index contributed by atoms with van der Waals surface area (Å²) >= 11 is 0. The van der Waals surface area contributed by atoms with E-state index in [0.717, 1.165) is 98.3 Å². The summed E-state index contributed by atoms with van der Waals surface area (Å²) in [6.07, 6.45) is 8.06. The number of imidazole rings is 1. The fraction of sp³-hybridized carbons (Fsp3) is 0.449. The molecule has 4 aliphatic rings. The van der Waals surface area contributed by atoms with Crippen LogP contribution in [-0.4, -0.2) is 111 Å². The number of nitrogens with zero attached hydrogens (tertiary/aromatic N) is 6. The smallest absolute Gasteiger partial charge is 0.329 e. The molecule has 0 aliphatic carbocycles. The molecule has 330 valence electrons. The van der Waals surface area contributed by atoms with Crippen molar-refractivity contribution in [3.05, 3.63) is 93.8 Å². The van der Waals surface area contributed by atoms with Crippen LogP contribution in [0.15, 0.2) is 65.5 Å². The zero-order chi connectivity index (χ0) is 43.9. The normalized spacial score (nSPS) is 19.0. The maximum Gasteiger partial charge on any atom is 0.329 e. The number of piperazine rings is 1. The number of benzene rings is 3. The van der Waals surface area contributed by atoms with Crippen LogP contribution >= 0.6 is 0 Å². The van der Waals surface area contributed by atoms with Gasteiger partial charge in [0.2, 0.25) is 17.7 Å². The Morgan fingerprint density at radius 1 is 0.841 bits per heavy atom. The quantitative estimate of drug-likeness (QED) is 0.159. The number of hydrogen-bond donors (Lipinski definition) is 2. The first-order valence-electron chi connectivity index (χ1n) is 22.7. The number of anilines is 1. The highest BCUT2D eigenvalue weighted by Gasteiger charge is 2.32. The SMILES string of the molecule is CC(C)C(=O)N1CCC=C(c2cc(-c3ccc(N4CCN(CCCc5ccc6c(c5)n(C)c(=O)n6C5CCC(=O)NC5=O)CC4)cc3)c3cc(C(=O)N4CCCCC4)[nH]c3c2F)C1. The molecule has 63 heavy (non-hydrogen) atoms. The number of hydrogen-bond acceptors (Lipinski definition) is 7. The molecule has 1 atom stereocenters. The van der Waals surface area contributed by atoms with E-state index in [9.17, 15) is 24.0 Å². The highest BCUT2D eigenvalue weighted by atomic mass is 19.1. The molecule has 4 amide bonds. The third-order valence-electron chi connectivity index (χ3n) is 13.6. The maximum absolute atomic E-state index is 16.7. The molecule has 1 unspecified atom stereocenters. The Kier molecular flexibility index (Phi) is 11.8. The number of nitrogens with one attached hydrogen (secondary N) is 2. The lowest BCUT2D eigenvalue weighted by Crippen LogP contribution is -2.46. The van der Waals surface area contributed by atoms with Gasteiger partial charge in [0.05, 0.1) is 16.6 Å². The van der Waals surface area contributed by atoms with Crippen molar-refractivity contribution in [1.29, 1.82) is 0 Å². The van der Waals surface area contributed by atoms with Crippen LogP contribution in [0.2, 0.25) is 0 Å². The first-order chi connectivity index (χ1) is 30.4. The number of aromatic nitrogens is 3. The molecule has 13 nitrogen and oxygen atoms in total. The van der Waals surface area contributed by atoms with Crippen molar-refractivity contribution in [3.63, 3.8) is 0 Å². The summed E-state index contributed by atoms with van der Waals surface area (Å²) in [5.74, 6) is -1.34. The van der Waals surface area contributed by atoms with Crippen molar-refractivity contribution in [2.45, 2.75) is 71.3 Å². The number of piperidine rings is 2. The van der Waals surface area contributed by atoms with Crippen molar-refractivity contribution in [2.24, 2.45) is 13.0 Å². The van der Waals surface area contributed by atoms with Crippen LogP contribution in [0.4, 0.5) is 10.1 Å². The van der Waals surface area contributed by atoms with Crippen molar-refractivity contribution in [3.8, 4) is 11.1 Å². The predicted molar refractivity (Wildman–Crippen MR) is 243 cm³/mol. The van der Waals surface area contributed by atoms with E-state index in [1.807, 2.05) is 60.1 Å². The van der Waals surface area contributed by atoms with Gasteiger partial charge in [-0.1, -0.05) is 38.1 Å². The van der Waals surface area contributed by atoms with E-state index in [2.05, 4.69) is 44.4 Å². The number of imide groups is 1. The summed E-state index contributed by atoms with van der Waals surface area (Å²) in [5, 5.41) is 3.03. The third-order valence-corrected chi connectivity index (χ3v) is 13.6. The van der Waals surface area contributed by atoms with Crippen LogP contribution in [0.3, 0.4) is 0 Å². The Bertz CT molecular complexity index is 2680. The van der Waals surface area contributed by atoms with E-state index in [4.69, 9.17) is 0 Å². The van der Waals surface area contributed by atoms with Gasteiger partial charge in [0.25, 0.3) is 5.91 Å². The van der Waals surface area contributed by atoms with Gasteiger partial charge in [-0.25, -0.2) is 9.18 Å². The van der Waals surface area contributed by atoms with Gasteiger partial charge in [-0.2, -0.15) is 0 Å². The van der Waals surface area contributed by atoms with Gasteiger partial charge in [-0.15, -0.1) is 0 Å². The molecule has 0 bridgehead atoms. The summed E-state index contributed by atoms with van der Waals surface area (Å²) < 4.78 is 19.8. The molecule has 3 saturated heterocycles. The summed E-state index contributed by atoms with van der Waals surface area (Å²) in [4.78, 5) is 75.9. The van der Waals surface area contributed by atoms with Crippen molar-refractivity contribution in [2.75, 3.05) is 63.8 Å². The molecule has 0 spiro atoms. The van der Waals surface area contributed by atoms with Gasteiger partial charge in [0.1, 0.15) is 11.7 Å². The van der Waals surface area contributed by atoms with Gasteiger partial charge in [-0.3, -0.25) is 38.5 Å². The summed E-state index contributed by atoms with van der Waals surface area (Å²) in [6.45, 7) is 10.7. The molecule has 2 aromatic heterocycles. The first kappa shape index (κ1) is 42.3. The topological polar surface area (TPSA) is 136 Å². The Morgan fingerprint density at radius 2 is 1.60 bits per heavy atom. The summed E-state index contributed by atoms with van der Waals surface area (Å²) in [7, 11) is 1.72. The number of halogens is 1. The molecule has 9 rings (SSSR count). The van der Waals surface area contributed by atoms with Crippen LogP contribution in [0.1, 0.15) is 86.5 Å². The second kappa shape index (κ2) is 17.6. The van der Waals surface area contributed by atoms with Crippen LogP contribution in [0.5, 0.6) is 0 Å². The van der Waals surface area contributed by atoms with Crippen LogP contribution < -0.4 is 15.9 Å². The van der Waals surface area contributed by atoms with Crippen molar-refractivity contribution < 1.29 is 23.6 Å². The lowest BCUT2D eigenvalue weighted by molar-refractivity contribution is -0.136. The molecule has 3 aromatic carbocycles.